The number of halogens is 2. The SMILES string of the molecule is CC(C)(CNCC(N)CO)c1cc(F)ccc1F. The lowest BCUT2D eigenvalue weighted by atomic mass is 9.84. The van der Waals surface area contributed by atoms with Crippen molar-refractivity contribution in [1.82, 2.24) is 5.32 Å². The van der Waals surface area contributed by atoms with Gasteiger partial charge in [0, 0.05) is 24.5 Å². The molecule has 0 aliphatic carbocycles. The number of benzene rings is 1. The standard InChI is InChI=1S/C13H20F2N2O/c1-13(2,8-17-6-10(16)7-18)11-5-9(14)3-4-12(11)15/h3-5,10,17-18H,6-8,16H2,1-2H3. The summed E-state index contributed by atoms with van der Waals surface area (Å²) in [5.74, 6) is -0.874. The van der Waals surface area contributed by atoms with Crippen molar-refractivity contribution in [1.29, 1.82) is 0 Å². The lowest BCUT2D eigenvalue weighted by molar-refractivity contribution is 0.260. The molecule has 0 aliphatic heterocycles. The minimum Gasteiger partial charge on any atom is -0.395 e. The van der Waals surface area contributed by atoms with Crippen LogP contribution in [0, 0.1) is 11.6 Å². The Morgan fingerprint density at radius 3 is 2.67 bits per heavy atom. The molecule has 0 bridgehead atoms. The van der Waals surface area contributed by atoms with Gasteiger partial charge in [-0.1, -0.05) is 13.8 Å². The molecule has 1 unspecified atom stereocenters. The summed E-state index contributed by atoms with van der Waals surface area (Å²) in [7, 11) is 0. The van der Waals surface area contributed by atoms with Gasteiger partial charge < -0.3 is 16.2 Å². The van der Waals surface area contributed by atoms with Gasteiger partial charge in [-0.15, -0.1) is 0 Å². The molecule has 0 heterocycles. The Morgan fingerprint density at radius 1 is 1.39 bits per heavy atom. The maximum absolute atomic E-state index is 13.7. The minimum atomic E-state index is -0.554. The fourth-order valence-corrected chi connectivity index (χ4v) is 1.75. The Bertz CT molecular complexity index is 397. The van der Waals surface area contributed by atoms with Crippen LogP contribution >= 0.6 is 0 Å². The Morgan fingerprint density at radius 2 is 2.06 bits per heavy atom. The smallest absolute Gasteiger partial charge is 0.127 e. The van der Waals surface area contributed by atoms with Crippen LogP contribution in [0.4, 0.5) is 8.78 Å². The lowest BCUT2D eigenvalue weighted by Gasteiger charge is -2.27. The predicted octanol–water partition coefficient (Wildman–Crippen LogP) is 1.15. The zero-order valence-corrected chi connectivity index (χ0v) is 10.7. The highest BCUT2D eigenvalue weighted by atomic mass is 19.1. The van der Waals surface area contributed by atoms with Crippen LogP contribution in [0.2, 0.25) is 0 Å². The molecule has 1 rings (SSSR count). The molecule has 5 heteroatoms. The van der Waals surface area contributed by atoms with Gasteiger partial charge >= 0.3 is 0 Å². The molecule has 0 saturated carbocycles. The maximum atomic E-state index is 13.7. The van der Waals surface area contributed by atoms with E-state index in [1.54, 1.807) is 0 Å². The molecule has 4 N–H and O–H groups in total. The van der Waals surface area contributed by atoms with Crippen LogP contribution in [-0.2, 0) is 5.41 Å². The van der Waals surface area contributed by atoms with E-state index >= 15 is 0 Å². The third kappa shape index (κ3) is 4.01. The highest BCUT2D eigenvalue weighted by Crippen LogP contribution is 2.25. The quantitative estimate of drug-likeness (QED) is 0.717. The third-order valence-electron chi connectivity index (χ3n) is 2.87. The van der Waals surface area contributed by atoms with Gasteiger partial charge in [0.2, 0.25) is 0 Å². The van der Waals surface area contributed by atoms with Gasteiger partial charge in [-0.2, -0.15) is 0 Å². The topological polar surface area (TPSA) is 58.3 Å². The first-order valence-corrected chi connectivity index (χ1v) is 5.89. The summed E-state index contributed by atoms with van der Waals surface area (Å²) >= 11 is 0. The van der Waals surface area contributed by atoms with E-state index < -0.39 is 17.0 Å². The van der Waals surface area contributed by atoms with Crippen LogP contribution in [-0.4, -0.2) is 30.8 Å². The Labute approximate surface area is 106 Å². The average Bonchev–Trinajstić information content (AvgIpc) is 2.31. The highest BCUT2D eigenvalue weighted by molar-refractivity contribution is 5.26. The monoisotopic (exact) mass is 258 g/mol. The van der Waals surface area contributed by atoms with E-state index in [4.69, 9.17) is 10.8 Å². The van der Waals surface area contributed by atoms with Gasteiger partial charge in [0.05, 0.1) is 6.61 Å². The van der Waals surface area contributed by atoms with E-state index in [2.05, 4.69) is 5.32 Å². The van der Waals surface area contributed by atoms with Crippen LogP contribution in [0.3, 0.4) is 0 Å². The van der Waals surface area contributed by atoms with Crippen LogP contribution in [0.25, 0.3) is 0 Å². The summed E-state index contributed by atoms with van der Waals surface area (Å²) in [6.45, 7) is 4.41. The summed E-state index contributed by atoms with van der Waals surface area (Å²) in [4.78, 5) is 0. The zero-order chi connectivity index (χ0) is 13.8. The van der Waals surface area contributed by atoms with Crippen LogP contribution in [0.1, 0.15) is 19.4 Å². The number of aliphatic hydroxyl groups is 1. The largest absolute Gasteiger partial charge is 0.395 e. The molecular weight excluding hydrogens is 238 g/mol. The predicted molar refractivity (Wildman–Crippen MR) is 67.3 cm³/mol. The fraction of sp³-hybridized carbons (Fsp3) is 0.538. The van der Waals surface area contributed by atoms with Crippen molar-refractivity contribution >= 4 is 0 Å². The van der Waals surface area contributed by atoms with Gasteiger partial charge in [0.25, 0.3) is 0 Å². The van der Waals surface area contributed by atoms with Crippen LogP contribution < -0.4 is 11.1 Å². The summed E-state index contributed by atoms with van der Waals surface area (Å²) in [5, 5.41) is 11.8. The van der Waals surface area contributed by atoms with Gasteiger partial charge in [-0.3, -0.25) is 0 Å². The fourth-order valence-electron chi connectivity index (χ4n) is 1.75. The molecule has 1 aromatic rings. The van der Waals surface area contributed by atoms with Crippen LogP contribution in [0.5, 0.6) is 0 Å². The number of nitrogens with two attached hydrogens (primary N) is 1. The second-order valence-electron chi connectivity index (χ2n) is 5.08. The molecule has 0 radical (unpaired) electrons. The normalized spacial score (nSPS) is 13.7. The number of rotatable bonds is 6. The Balaban J connectivity index is 2.70. The molecular formula is C13H20F2N2O. The van der Waals surface area contributed by atoms with Gasteiger partial charge in [-0.25, -0.2) is 8.78 Å². The van der Waals surface area contributed by atoms with E-state index in [-0.39, 0.29) is 12.6 Å². The van der Waals surface area contributed by atoms with Gasteiger partial charge in [0.15, 0.2) is 0 Å². The molecule has 0 aromatic heterocycles. The van der Waals surface area contributed by atoms with E-state index in [0.717, 1.165) is 12.1 Å². The highest BCUT2D eigenvalue weighted by Gasteiger charge is 2.24. The number of aliphatic hydroxyl groups excluding tert-OH is 1. The molecule has 1 atom stereocenters. The molecule has 0 spiro atoms. The molecule has 0 saturated heterocycles. The Kier molecular flexibility index (Phi) is 5.19. The van der Waals surface area contributed by atoms with E-state index in [1.807, 2.05) is 13.8 Å². The lowest BCUT2D eigenvalue weighted by Crippen LogP contribution is -2.42. The summed E-state index contributed by atoms with van der Waals surface area (Å²) in [5.41, 5.74) is 5.32. The maximum Gasteiger partial charge on any atom is 0.127 e. The van der Waals surface area contributed by atoms with Crippen molar-refractivity contribution in [2.75, 3.05) is 19.7 Å². The first-order chi connectivity index (χ1) is 8.36. The summed E-state index contributed by atoms with van der Waals surface area (Å²) in [6.07, 6.45) is 0. The summed E-state index contributed by atoms with van der Waals surface area (Å²) < 4.78 is 26.8. The van der Waals surface area contributed by atoms with E-state index in [0.29, 0.717) is 18.7 Å². The average molecular weight is 258 g/mol. The third-order valence-corrected chi connectivity index (χ3v) is 2.87. The van der Waals surface area contributed by atoms with Crippen LogP contribution in [0.15, 0.2) is 18.2 Å². The first kappa shape index (κ1) is 15.0. The number of nitrogens with one attached hydrogen (secondary N) is 1. The molecule has 0 fully saturated rings. The Hall–Kier alpha value is -1.04. The summed E-state index contributed by atoms with van der Waals surface area (Å²) in [6, 6.07) is 3.09. The zero-order valence-electron chi connectivity index (χ0n) is 10.7. The van der Waals surface area contributed by atoms with Crippen molar-refractivity contribution in [3.8, 4) is 0 Å². The molecule has 0 amide bonds. The first-order valence-electron chi connectivity index (χ1n) is 5.89. The van der Waals surface area contributed by atoms with Crippen molar-refractivity contribution in [3.63, 3.8) is 0 Å². The second-order valence-corrected chi connectivity index (χ2v) is 5.08. The second kappa shape index (κ2) is 6.22. The van der Waals surface area contributed by atoms with Crippen molar-refractivity contribution in [2.24, 2.45) is 5.73 Å². The van der Waals surface area contributed by atoms with Crippen molar-refractivity contribution in [3.05, 3.63) is 35.4 Å². The number of hydrogen-bond donors (Lipinski definition) is 3. The van der Waals surface area contributed by atoms with E-state index in [1.165, 1.54) is 6.07 Å². The van der Waals surface area contributed by atoms with Crippen molar-refractivity contribution < 1.29 is 13.9 Å². The van der Waals surface area contributed by atoms with Gasteiger partial charge in [-0.05, 0) is 23.8 Å². The molecule has 102 valence electrons. The minimum absolute atomic E-state index is 0.109. The van der Waals surface area contributed by atoms with E-state index in [9.17, 15) is 8.78 Å². The molecule has 18 heavy (non-hydrogen) atoms. The van der Waals surface area contributed by atoms with Gasteiger partial charge in [0.1, 0.15) is 11.6 Å². The number of hydrogen-bond acceptors (Lipinski definition) is 3. The molecule has 3 nitrogen and oxygen atoms in total. The molecule has 0 aliphatic rings. The van der Waals surface area contributed by atoms with Crippen molar-refractivity contribution in [2.45, 2.75) is 25.3 Å². The molecule has 1 aromatic carbocycles.